The number of unbranched alkanes of at least 4 members (excludes halogenated alkanes) is 2. The average molecular weight is 254 g/mol. The summed E-state index contributed by atoms with van der Waals surface area (Å²) in [6.07, 6.45) is 3.74. The van der Waals surface area contributed by atoms with Crippen molar-refractivity contribution in [3.8, 4) is 0 Å². The van der Waals surface area contributed by atoms with Crippen molar-refractivity contribution >= 4 is 17.7 Å². The summed E-state index contributed by atoms with van der Waals surface area (Å²) >= 11 is 0. The summed E-state index contributed by atoms with van der Waals surface area (Å²) < 4.78 is 1.43. The van der Waals surface area contributed by atoms with Gasteiger partial charge in [0.15, 0.2) is 0 Å². The molecule has 4 N–H and O–H groups in total. The van der Waals surface area contributed by atoms with Crippen molar-refractivity contribution < 1.29 is 14.7 Å². The molecule has 7 nitrogen and oxygen atoms in total. The van der Waals surface area contributed by atoms with Crippen LogP contribution >= 0.6 is 0 Å². The third kappa shape index (κ3) is 4.08. The number of anilines is 1. The van der Waals surface area contributed by atoms with Gasteiger partial charge in [-0.1, -0.05) is 6.42 Å². The lowest BCUT2D eigenvalue weighted by molar-refractivity contribution is -0.137. The smallest absolute Gasteiger partial charge is 0.303 e. The van der Waals surface area contributed by atoms with Gasteiger partial charge in [0.25, 0.3) is 5.91 Å². The lowest BCUT2D eigenvalue weighted by Crippen LogP contribution is -2.25. The zero-order valence-electron chi connectivity index (χ0n) is 10.3. The van der Waals surface area contributed by atoms with Crippen LogP contribution in [0.25, 0.3) is 0 Å². The summed E-state index contributed by atoms with van der Waals surface area (Å²) in [5.74, 6) is -0.709. The van der Waals surface area contributed by atoms with Gasteiger partial charge in [-0.25, -0.2) is 0 Å². The number of nitrogens with one attached hydrogen (secondary N) is 1. The first kappa shape index (κ1) is 14.0. The number of rotatable bonds is 7. The molecule has 0 fully saturated rings. The zero-order chi connectivity index (χ0) is 13.5. The SMILES string of the molecule is Cn1ncc(C(=O)NCCCCCC(=O)O)c1N. The molecule has 0 saturated heterocycles. The van der Waals surface area contributed by atoms with Crippen LogP contribution in [-0.4, -0.2) is 33.3 Å². The highest BCUT2D eigenvalue weighted by Crippen LogP contribution is 2.08. The molecule has 1 aromatic rings. The van der Waals surface area contributed by atoms with Crippen molar-refractivity contribution in [1.82, 2.24) is 15.1 Å². The Morgan fingerprint density at radius 3 is 2.72 bits per heavy atom. The summed E-state index contributed by atoms with van der Waals surface area (Å²) in [7, 11) is 1.66. The molecule has 7 heteroatoms. The Balaban J connectivity index is 2.22. The van der Waals surface area contributed by atoms with Crippen LogP contribution in [-0.2, 0) is 11.8 Å². The van der Waals surface area contributed by atoms with E-state index in [-0.39, 0.29) is 12.3 Å². The average Bonchev–Trinajstić information content (AvgIpc) is 2.64. The Hall–Kier alpha value is -2.05. The standard InChI is InChI=1S/C11H18N4O3/c1-15-10(12)8(7-14-15)11(18)13-6-4-2-3-5-9(16)17/h7H,2-6,12H2,1H3,(H,13,18)(H,16,17). The number of aryl methyl sites for hydroxylation is 1. The second kappa shape index (κ2) is 6.63. The molecular formula is C11H18N4O3. The van der Waals surface area contributed by atoms with Crippen LogP contribution < -0.4 is 11.1 Å². The van der Waals surface area contributed by atoms with Gasteiger partial charge in [-0.2, -0.15) is 5.10 Å². The highest BCUT2D eigenvalue weighted by Gasteiger charge is 2.12. The van der Waals surface area contributed by atoms with E-state index in [1.54, 1.807) is 7.05 Å². The van der Waals surface area contributed by atoms with Gasteiger partial charge >= 0.3 is 5.97 Å². The van der Waals surface area contributed by atoms with Crippen LogP contribution in [0.4, 0.5) is 5.82 Å². The molecule has 0 aromatic carbocycles. The van der Waals surface area contributed by atoms with Gasteiger partial charge < -0.3 is 16.2 Å². The second-order valence-electron chi connectivity index (χ2n) is 4.03. The number of carbonyl (C=O) groups excluding carboxylic acids is 1. The fraction of sp³-hybridized carbons (Fsp3) is 0.545. The number of nitrogen functional groups attached to an aromatic ring is 1. The molecule has 1 rings (SSSR count). The van der Waals surface area contributed by atoms with Crippen molar-refractivity contribution in [2.45, 2.75) is 25.7 Å². The van der Waals surface area contributed by atoms with Gasteiger partial charge in [-0.05, 0) is 12.8 Å². The first-order valence-electron chi connectivity index (χ1n) is 5.80. The molecular weight excluding hydrogens is 236 g/mol. The number of hydrogen-bond acceptors (Lipinski definition) is 4. The van der Waals surface area contributed by atoms with E-state index in [0.717, 1.165) is 12.8 Å². The number of carboxylic acids is 1. The van der Waals surface area contributed by atoms with Crippen molar-refractivity contribution in [2.24, 2.45) is 7.05 Å². The maximum atomic E-state index is 11.7. The maximum Gasteiger partial charge on any atom is 0.303 e. The quantitative estimate of drug-likeness (QED) is 0.609. The Labute approximate surface area is 105 Å². The molecule has 18 heavy (non-hydrogen) atoms. The summed E-state index contributed by atoms with van der Waals surface area (Å²) in [6, 6.07) is 0. The van der Waals surface area contributed by atoms with Crippen molar-refractivity contribution in [3.63, 3.8) is 0 Å². The van der Waals surface area contributed by atoms with E-state index in [1.807, 2.05) is 0 Å². The van der Waals surface area contributed by atoms with E-state index in [9.17, 15) is 9.59 Å². The second-order valence-corrected chi connectivity index (χ2v) is 4.03. The van der Waals surface area contributed by atoms with E-state index in [0.29, 0.717) is 24.3 Å². The van der Waals surface area contributed by atoms with Gasteiger partial charge in [-0.15, -0.1) is 0 Å². The Bertz CT molecular complexity index is 428. The molecule has 1 heterocycles. The molecule has 100 valence electrons. The normalized spacial score (nSPS) is 10.3. The van der Waals surface area contributed by atoms with Crippen LogP contribution in [0.1, 0.15) is 36.0 Å². The molecule has 0 saturated carbocycles. The van der Waals surface area contributed by atoms with Crippen LogP contribution in [0.3, 0.4) is 0 Å². The largest absolute Gasteiger partial charge is 0.481 e. The van der Waals surface area contributed by atoms with E-state index in [4.69, 9.17) is 10.8 Å². The molecule has 0 unspecified atom stereocenters. The number of carboxylic acid groups (broad SMARTS) is 1. The minimum atomic E-state index is -0.790. The van der Waals surface area contributed by atoms with Gasteiger partial charge in [0.2, 0.25) is 0 Å². The van der Waals surface area contributed by atoms with E-state index in [2.05, 4.69) is 10.4 Å². The fourth-order valence-electron chi connectivity index (χ4n) is 1.50. The first-order chi connectivity index (χ1) is 8.52. The van der Waals surface area contributed by atoms with E-state index < -0.39 is 5.97 Å². The third-order valence-corrected chi connectivity index (χ3v) is 2.58. The van der Waals surface area contributed by atoms with Crippen molar-refractivity contribution in [2.75, 3.05) is 12.3 Å². The Morgan fingerprint density at radius 1 is 1.44 bits per heavy atom. The minimum absolute atomic E-state index is 0.170. The predicted molar refractivity (Wildman–Crippen MR) is 66.1 cm³/mol. The molecule has 0 aliphatic carbocycles. The van der Waals surface area contributed by atoms with Crippen molar-refractivity contribution in [3.05, 3.63) is 11.8 Å². The summed E-state index contributed by atoms with van der Waals surface area (Å²) in [4.78, 5) is 22.0. The predicted octanol–water partition coefficient (Wildman–Crippen LogP) is 0.377. The first-order valence-corrected chi connectivity index (χ1v) is 5.80. The molecule has 0 aliphatic heterocycles. The molecule has 0 atom stereocenters. The third-order valence-electron chi connectivity index (χ3n) is 2.58. The highest BCUT2D eigenvalue weighted by molar-refractivity contribution is 5.98. The van der Waals surface area contributed by atoms with E-state index >= 15 is 0 Å². The highest BCUT2D eigenvalue weighted by atomic mass is 16.4. The topological polar surface area (TPSA) is 110 Å². The number of nitrogens with zero attached hydrogens (tertiary/aromatic N) is 2. The summed E-state index contributed by atoms with van der Waals surface area (Å²) in [5.41, 5.74) is 6.03. The van der Waals surface area contributed by atoms with Crippen LogP contribution in [0.15, 0.2) is 6.20 Å². The van der Waals surface area contributed by atoms with Gasteiger partial charge in [0.1, 0.15) is 11.4 Å². The Kier molecular flexibility index (Phi) is 5.16. The minimum Gasteiger partial charge on any atom is -0.481 e. The molecule has 1 amide bonds. The van der Waals surface area contributed by atoms with Crippen molar-refractivity contribution in [1.29, 1.82) is 0 Å². The Morgan fingerprint density at radius 2 is 2.17 bits per heavy atom. The zero-order valence-corrected chi connectivity index (χ0v) is 10.3. The number of carbonyl (C=O) groups is 2. The fourth-order valence-corrected chi connectivity index (χ4v) is 1.50. The lowest BCUT2D eigenvalue weighted by Gasteiger charge is -2.04. The number of aliphatic carboxylic acids is 1. The van der Waals surface area contributed by atoms with Crippen LogP contribution in [0.5, 0.6) is 0 Å². The number of nitrogens with two attached hydrogens (primary N) is 1. The number of amides is 1. The molecule has 0 bridgehead atoms. The van der Waals surface area contributed by atoms with Crippen LogP contribution in [0, 0.1) is 0 Å². The van der Waals surface area contributed by atoms with Gasteiger partial charge in [-0.3, -0.25) is 14.3 Å². The van der Waals surface area contributed by atoms with E-state index in [1.165, 1.54) is 10.9 Å². The molecule has 0 radical (unpaired) electrons. The molecule has 0 spiro atoms. The summed E-state index contributed by atoms with van der Waals surface area (Å²) in [6.45, 7) is 0.507. The van der Waals surface area contributed by atoms with Gasteiger partial charge in [0.05, 0.1) is 6.20 Å². The van der Waals surface area contributed by atoms with Gasteiger partial charge in [0, 0.05) is 20.0 Å². The number of aromatic nitrogens is 2. The maximum absolute atomic E-state index is 11.7. The molecule has 0 aliphatic rings. The lowest BCUT2D eigenvalue weighted by atomic mass is 10.2. The summed E-state index contributed by atoms with van der Waals surface area (Å²) in [5, 5.41) is 15.0. The van der Waals surface area contributed by atoms with Crippen LogP contribution in [0.2, 0.25) is 0 Å². The molecule has 1 aromatic heterocycles. The number of hydrogen-bond donors (Lipinski definition) is 3. The monoisotopic (exact) mass is 254 g/mol.